The molecule has 0 amide bonds. The van der Waals surface area contributed by atoms with Crippen LogP contribution < -0.4 is 0 Å². The van der Waals surface area contributed by atoms with Gasteiger partial charge in [-0.05, 0) is 78.7 Å². The third kappa shape index (κ3) is 3.34. The molecule has 0 saturated heterocycles. The molecule has 10 heteroatoms. The summed E-state index contributed by atoms with van der Waals surface area (Å²) in [5, 5.41) is 12.5. The summed E-state index contributed by atoms with van der Waals surface area (Å²) in [7, 11) is 0. The summed E-state index contributed by atoms with van der Waals surface area (Å²) in [5.74, 6) is 0. The summed E-state index contributed by atoms with van der Waals surface area (Å²) < 4.78 is 4.22. The van der Waals surface area contributed by atoms with Gasteiger partial charge < -0.3 is 0 Å². The minimum atomic E-state index is 0.642. The highest BCUT2D eigenvalue weighted by molar-refractivity contribution is 9.13. The Morgan fingerprint density at radius 3 is 2.81 bits per heavy atom. The molecule has 0 N–H and O–H groups in total. The molecule has 0 bridgehead atoms. The van der Waals surface area contributed by atoms with Crippen LogP contribution in [-0.2, 0) is 0 Å². The summed E-state index contributed by atoms with van der Waals surface area (Å²) in [6, 6.07) is 5.93. The maximum absolute atomic E-state index is 4.49. The van der Waals surface area contributed by atoms with E-state index >= 15 is 0 Å². The molecule has 21 heavy (non-hydrogen) atoms. The Morgan fingerprint density at radius 1 is 1.33 bits per heavy atom. The minimum Gasteiger partial charge on any atom is -0.221 e. The highest BCUT2D eigenvalue weighted by Crippen LogP contribution is 2.37. The Hall–Kier alpha value is -0.420. The third-order valence-corrected chi connectivity index (χ3v) is 6.94. The van der Waals surface area contributed by atoms with Gasteiger partial charge in [0.2, 0.25) is 5.16 Å². The van der Waals surface area contributed by atoms with Crippen molar-refractivity contribution in [3.05, 3.63) is 32.2 Å². The zero-order valence-corrected chi connectivity index (χ0v) is 16.2. The van der Waals surface area contributed by atoms with Gasteiger partial charge in [0.15, 0.2) is 4.34 Å². The first-order valence-corrected chi connectivity index (χ1v) is 9.29. The van der Waals surface area contributed by atoms with Crippen molar-refractivity contribution in [1.82, 2.24) is 25.2 Å². The van der Waals surface area contributed by atoms with Crippen molar-refractivity contribution in [1.29, 1.82) is 0 Å². The predicted molar refractivity (Wildman–Crippen MR) is 92.8 cm³/mol. The molecule has 3 aromatic rings. The van der Waals surface area contributed by atoms with Gasteiger partial charge in [-0.2, -0.15) is 4.68 Å². The largest absolute Gasteiger partial charge is 0.221 e. The number of hydrogen-bond acceptors (Lipinski definition) is 7. The zero-order valence-electron chi connectivity index (χ0n) is 10.5. The normalized spacial score (nSPS) is 11.0. The van der Waals surface area contributed by atoms with E-state index < -0.39 is 0 Å². The first-order chi connectivity index (χ1) is 10.0. The molecule has 3 rings (SSSR count). The van der Waals surface area contributed by atoms with Crippen LogP contribution in [0.4, 0.5) is 0 Å². The molecule has 0 unspecified atom stereocenters. The predicted octanol–water partition coefficient (Wildman–Crippen LogP) is 4.39. The average Bonchev–Trinajstić information content (AvgIpc) is 2.98. The van der Waals surface area contributed by atoms with Gasteiger partial charge in [0, 0.05) is 4.90 Å². The van der Waals surface area contributed by atoms with E-state index in [0.717, 1.165) is 28.9 Å². The molecule has 1 aromatic carbocycles. The Kier molecular flexibility index (Phi) is 4.69. The highest BCUT2D eigenvalue weighted by Gasteiger charge is 2.15. The molecule has 0 aliphatic rings. The second-order valence-corrected chi connectivity index (χ2v) is 8.78. The number of hydrogen-bond donors (Lipinski definition) is 1. The summed E-state index contributed by atoms with van der Waals surface area (Å²) in [6.45, 7) is 2.02. The van der Waals surface area contributed by atoms with Crippen LogP contribution in [0.3, 0.4) is 0 Å². The fraction of sp³-hybridized carbons (Fsp3) is 0.0909. The lowest BCUT2D eigenvalue weighted by atomic mass is 10.2. The molecule has 0 atom stereocenters. The van der Waals surface area contributed by atoms with Crippen molar-refractivity contribution in [2.75, 3.05) is 0 Å². The molecule has 0 spiro atoms. The quantitative estimate of drug-likeness (QED) is 0.582. The molecular formula is C11H7Br2N5S3. The summed E-state index contributed by atoms with van der Waals surface area (Å²) in [4.78, 5) is 5.20. The van der Waals surface area contributed by atoms with Crippen LogP contribution >= 0.6 is 67.6 Å². The number of tetrazole rings is 1. The SMILES string of the molecule is Cc1ccc(-n2nnnc2Sc2nc(Br)c(Br)s2)c(S)c1. The van der Waals surface area contributed by atoms with Gasteiger partial charge in [0.25, 0.3) is 0 Å². The van der Waals surface area contributed by atoms with E-state index in [0.29, 0.717) is 5.16 Å². The van der Waals surface area contributed by atoms with Gasteiger partial charge in [0.1, 0.15) is 8.39 Å². The maximum Gasteiger partial charge on any atom is 0.221 e. The molecule has 108 valence electrons. The van der Waals surface area contributed by atoms with Gasteiger partial charge in [-0.25, -0.2) is 4.98 Å². The lowest BCUT2D eigenvalue weighted by Crippen LogP contribution is -2.00. The standard InChI is InChI=1S/C11H7Br2N5S3/c1-5-2-3-6(7(19)4-5)18-10(15-16-17-18)21-11-14-8(12)9(13)20-11/h2-4,19H,1H3. The molecule has 5 nitrogen and oxygen atoms in total. The van der Waals surface area contributed by atoms with Crippen molar-refractivity contribution in [3.8, 4) is 5.69 Å². The Bertz CT molecular complexity index is 782. The average molecular weight is 465 g/mol. The molecular weight excluding hydrogens is 458 g/mol. The molecule has 2 heterocycles. The number of benzene rings is 1. The smallest absolute Gasteiger partial charge is 0.221 e. The van der Waals surface area contributed by atoms with Crippen LogP contribution in [0, 0.1) is 6.92 Å². The number of halogens is 2. The molecule has 0 aliphatic heterocycles. The number of nitrogens with zero attached hydrogens (tertiary/aromatic N) is 5. The van der Waals surface area contributed by atoms with E-state index in [9.17, 15) is 0 Å². The fourth-order valence-corrected chi connectivity index (χ4v) is 5.14. The van der Waals surface area contributed by atoms with E-state index in [-0.39, 0.29) is 0 Å². The van der Waals surface area contributed by atoms with E-state index in [1.54, 1.807) is 4.68 Å². The van der Waals surface area contributed by atoms with Crippen molar-refractivity contribution in [2.24, 2.45) is 0 Å². The number of aromatic nitrogens is 5. The van der Waals surface area contributed by atoms with E-state index in [1.165, 1.54) is 23.1 Å². The van der Waals surface area contributed by atoms with Crippen molar-refractivity contribution >= 4 is 67.6 Å². The number of aryl methyl sites for hydroxylation is 1. The lowest BCUT2D eigenvalue weighted by molar-refractivity contribution is 0.744. The van der Waals surface area contributed by atoms with Gasteiger partial charge in [-0.15, -0.1) is 17.7 Å². The second-order valence-electron chi connectivity index (χ2n) is 4.01. The number of thiol groups is 1. The van der Waals surface area contributed by atoms with Gasteiger partial charge in [-0.3, -0.25) is 0 Å². The van der Waals surface area contributed by atoms with E-state index in [2.05, 4.69) is 65.0 Å². The molecule has 2 aromatic heterocycles. The van der Waals surface area contributed by atoms with E-state index in [1.807, 2.05) is 25.1 Å². The first-order valence-electron chi connectivity index (χ1n) is 5.62. The van der Waals surface area contributed by atoms with Crippen molar-refractivity contribution < 1.29 is 0 Å². The number of thiazole rings is 1. The fourth-order valence-electron chi connectivity index (χ4n) is 1.59. The summed E-state index contributed by atoms with van der Waals surface area (Å²) in [6.07, 6.45) is 0. The maximum atomic E-state index is 4.49. The topological polar surface area (TPSA) is 56.5 Å². The number of rotatable bonds is 3. The Morgan fingerprint density at radius 2 is 2.14 bits per heavy atom. The lowest BCUT2D eigenvalue weighted by Gasteiger charge is -2.06. The first kappa shape index (κ1) is 15.5. The zero-order chi connectivity index (χ0) is 15.0. The van der Waals surface area contributed by atoms with Gasteiger partial charge >= 0.3 is 0 Å². The Labute approximate surface area is 151 Å². The Balaban J connectivity index is 1.97. The van der Waals surface area contributed by atoms with Gasteiger partial charge in [0.05, 0.1) is 5.69 Å². The van der Waals surface area contributed by atoms with Crippen LogP contribution in [0.15, 0.2) is 41.0 Å². The van der Waals surface area contributed by atoms with E-state index in [4.69, 9.17) is 0 Å². The summed E-state index contributed by atoms with van der Waals surface area (Å²) in [5.41, 5.74) is 1.98. The van der Waals surface area contributed by atoms with Crippen molar-refractivity contribution in [3.63, 3.8) is 0 Å². The highest BCUT2D eigenvalue weighted by atomic mass is 79.9. The van der Waals surface area contributed by atoms with Gasteiger partial charge in [-0.1, -0.05) is 17.4 Å². The molecule has 0 saturated carbocycles. The molecule has 0 radical (unpaired) electrons. The monoisotopic (exact) mass is 463 g/mol. The van der Waals surface area contributed by atoms with Crippen LogP contribution in [-0.4, -0.2) is 25.2 Å². The van der Waals surface area contributed by atoms with Crippen LogP contribution in [0.5, 0.6) is 0 Å². The minimum absolute atomic E-state index is 0.642. The second kappa shape index (κ2) is 6.37. The van der Waals surface area contributed by atoms with Crippen molar-refractivity contribution in [2.45, 2.75) is 21.3 Å². The molecule has 0 fully saturated rings. The van der Waals surface area contributed by atoms with Crippen LogP contribution in [0.25, 0.3) is 5.69 Å². The van der Waals surface area contributed by atoms with Crippen LogP contribution in [0.2, 0.25) is 0 Å². The van der Waals surface area contributed by atoms with Crippen LogP contribution in [0.1, 0.15) is 5.56 Å². The summed E-state index contributed by atoms with van der Waals surface area (Å²) >= 11 is 14.2. The third-order valence-electron chi connectivity index (χ3n) is 2.51. The molecule has 0 aliphatic carbocycles.